The van der Waals surface area contributed by atoms with Crippen molar-refractivity contribution < 1.29 is 19.1 Å². The van der Waals surface area contributed by atoms with Gasteiger partial charge >= 0.3 is 6.09 Å². The van der Waals surface area contributed by atoms with Crippen LogP contribution in [0, 0.1) is 13.8 Å². The van der Waals surface area contributed by atoms with Crippen LogP contribution in [0.4, 0.5) is 4.79 Å². The lowest BCUT2D eigenvalue weighted by molar-refractivity contribution is -0.140. The van der Waals surface area contributed by atoms with Crippen molar-refractivity contribution in [2.45, 2.75) is 58.8 Å². The van der Waals surface area contributed by atoms with E-state index in [0.717, 1.165) is 22.3 Å². The number of hydrogen-bond donors (Lipinski definition) is 3. The second-order valence-corrected chi connectivity index (χ2v) is 9.61. The van der Waals surface area contributed by atoms with Gasteiger partial charge in [-0.05, 0) is 56.9 Å². The molecule has 0 aromatic heterocycles. The monoisotopic (exact) mass is 485 g/mol. The molecule has 34 heavy (non-hydrogen) atoms. The highest BCUT2D eigenvalue weighted by Gasteiger charge is 2.35. The summed E-state index contributed by atoms with van der Waals surface area (Å²) >= 11 is 4.25. The molecule has 0 aliphatic heterocycles. The van der Waals surface area contributed by atoms with Crippen LogP contribution in [0.25, 0.3) is 0 Å². The molecule has 0 fully saturated rings. The van der Waals surface area contributed by atoms with E-state index in [1.54, 1.807) is 27.8 Å². The average Bonchev–Trinajstić information content (AvgIpc) is 2.77. The number of rotatable bonds is 8. The van der Waals surface area contributed by atoms with Gasteiger partial charge in [0.25, 0.3) is 0 Å². The molecule has 2 rings (SSSR count). The van der Waals surface area contributed by atoms with Crippen molar-refractivity contribution in [1.29, 1.82) is 0 Å². The minimum absolute atomic E-state index is 0.0491. The lowest BCUT2D eigenvalue weighted by atomic mass is 9.94. The first-order valence-corrected chi connectivity index (χ1v) is 11.8. The molecule has 2 N–H and O–H groups in total. The van der Waals surface area contributed by atoms with Crippen molar-refractivity contribution in [3.05, 3.63) is 70.8 Å². The van der Waals surface area contributed by atoms with Gasteiger partial charge in [0, 0.05) is 19.3 Å². The molecule has 2 unspecified atom stereocenters. The van der Waals surface area contributed by atoms with E-state index in [1.165, 1.54) is 4.90 Å². The first-order valence-electron chi connectivity index (χ1n) is 11.2. The molecule has 2 aromatic carbocycles. The average molecular weight is 486 g/mol. The van der Waals surface area contributed by atoms with Crippen molar-refractivity contribution in [1.82, 2.24) is 15.5 Å². The van der Waals surface area contributed by atoms with Crippen LogP contribution in [0.5, 0.6) is 0 Å². The Kier molecular flexibility index (Phi) is 9.55. The third-order valence-corrected chi connectivity index (χ3v) is 5.65. The van der Waals surface area contributed by atoms with Gasteiger partial charge in [-0.25, -0.2) is 4.79 Å². The van der Waals surface area contributed by atoms with E-state index in [1.807, 2.05) is 62.4 Å². The molecule has 0 saturated heterocycles. The highest BCUT2D eigenvalue weighted by molar-refractivity contribution is 7.80. The minimum Gasteiger partial charge on any atom is -0.444 e. The molecule has 0 saturated carbocycles. The highest BCUT2D eigenvalue weighted by Crippen LogP contribution is 2.27. The van der Waals surface area contributed by atoms with Crippen molar-refractivity contribution in [3.63, 3.8) is 0 Å². The molecular weight excluding hydrogens is 450 g/mol. The largest absolute Gasteiger partial charge is 0.444 e. The molecule has 8 heteroatoms. The molecule has 2 atom stereocenters. The fourth-order valence-electron chi connectivity index (χ4n) is 3.65. The zero-order valence-corrected chi connectivity index (χ0v) is 21.6. The summed E-state index contributed by atoms with van der Waals surface area (Å²) in [5.74, 6) is -0.705. The summed E-state index contributed by atoms with van der Waals surface area (Å²) in [6.07, 6.45) is -0.717. The summed E-state index contributed by atoms with van der Waals surface area (Å²) in [6.45, 7) is 9.37. The molecule has 0 aliphatic carbocycles. The summed E-state index contributed by atoms with van der Waals surface area (Å²) in [5.41, 5.74) is 2.77. The van der Waals surface area contributed by atoms with Crippen LogP contribution in [-0.4, -0.2) is 47.3 Å². The third kappa shape index (κ3) is 7.52. The maximum atomic E-state index is 13.5. The Bertz CT molecular complexity index is 985. The van der Waals surface area contributed by atoms with Gasteiger partial charge in [-0.3, -0.25) is 9.59 Å². The predicted octanol–water partition coefficient (Wildman–Crippen LogP) is 3.94. The lowest BCUT2D eigenvalue weighted by Gasteiger charge is -2.32. The van der Waals surface area contributed by atoms with Crippen LogP contribution in [0.15, 0.2) is 48.5 Å². The van der Waals surface area contributed by atoms with E-state index < -0.39 is 29.7 Å². The summed E-state index contributed by atoms with van der Waals surface area (Å²) in [7, 11) is 1.56. The number of ether oxygens (including phenoxy) is 1. The van der Waals surface area contributed by atoms with E-state index in [2.05, 4.69) is 23.3 Å². The Morgan fingerprint density at radius 2 is 1.59 bits per heavy atom. The summed E-state index contributed by atoms with van der Waals surface area (Å²) < 4.78 is 5.28. The second-order valence-electron chi connectivity index (χ2n) is 9.24. The number of carbonyl (C=O) groups excluding carboxylic acids is 3. The summed E-state index contributed by atoms with van der Waals surface area (Å²) in [4.78, 5) is 40.5. The van der Waals surface area contributed by atoms with Gasteiger partial charge in [0.15, 0.2) is 0 Å². The molecule has 2 aromatic rings. The van der Waals surface area contributed by atoms with Crippen molar-refractivity contribution >= 4 is 30.5 Å². The smallest absolute Gasteiger partial charge is 0.408 e. The molecule has 0 radical (unpaired) electrons. The number of carbonyl (C=O) groups is 3. The number of aryl methyl sites for hydroxylation is 2. The zero-order valence-electron chi connectivity index (χ0n) is 20.7. The zero-order chi connectivity index (χ0) is 25.5. The van der Waals surface area contributed by atoms with Gasteiger partial charge in [0.1, 0.15) is 17.7 Å². The van der Waals surface area contributed by atoms with E-state index in [9.17, 15) is 14.4 Å². The Hall–Kier alpha value is -3.00. The van der Waals surface area contributed by atoms with E-state index in [0.29, 0.717) is 6.54 Å². The third-order valence-electron chi connectivity index (χ3n) is 5.28. The normalized spacial score (nSPS) is 12.9. The summed E-state index contributed by atoms with van der Waals surface area (Å²) in [6, 6.07) is 13.4. The van der Waals surface area contributed by atoms with Crippen LogP contribution < -0.4 is 10.6 Å². The second kappa shape index (κ2) is 11.9. The van der Waals surface area contributed by atoms with Gasteiger partial charge in [-0.15, -0.1) is 0 Å². The molecular formula is C26H35N3O4S. The Morgan fingerprint density at radius 1 is 1.00 bits per heavy atom. The predicted molar refractivity (Wildman–Crippen MR) is 137 cm³/mol. The number of nitrogens with one attached hydrogen (secondary N) is 2. The molecule has 0 bridgehead atoms. The minimum atomic E-state index is -0.961. The van der Waals surface area contributed by atoms with E-state index in [4.69, 9.17) is 4.74 Å². The fourth-order valence-corrected chi connectivity index (χ4v) is 3.90. The number of amides is 3. The van der Waals surface area contributed by atoms with Crippen LogP contribution in [-0.2, 0) is 20.9 Å². The maximum absolute atomic E-state index is 13.5. The van der Waals surface area contributed by atoms with Crippen molar-refractivity contribution in [3.8, 4) is 0 Å². The van der Waals surface area contributed by atoms with E-state index in [-0.39, 0.29) is 11.7 Å². The first-order chi connectivity index (χ1) is 15.9. The number of alkyl carbamates (subject to hydrolysis) is 1. The topological polar surface area (TPSA) is 87.7 Å². The highest BCUT2D eigenvalue weighted by atomic mass is 32.1. The van der Waals surface area contributed by atoms with Gasteiger partial charge in [0.2, 0.25) is 11.8 Å². The maximum Gasteiger partial charge on any atom is 0.408 e. The van der Waals surface area contributed by atoms with Crippen molar-refractivity contribution in [2.24, 2.45) is 0 Å². The molecule has 7 nitrogen and oxygen atoms in total. The lowest BCUT2D eigenvalue weighted by Crippen LogP contribution is -2.52. The van der Waals surface area contributed by atoms with Crippen LogP contribution >= 0.6 is 12.6 Å². The molecule has 0 spiro atoms. The van der Waals surface area contributed by atoms with Crippen molar-refractivity contribution in [2.75, 3.05) is 12.8 Å². The van der Waals surface area contributed by atoms with E-state index >= 15 is 0 Å². The summed E-state index contributed by atoms with van der Waals surface area (Å²) in [5, 5.41) is 5.53. The van der Waals surface area contributed by atoms with Crippen LogP contribution in [0.2, 0.25) is 0 Å². The Balaban J connectivity index is 2.32. The number of nitrogens with zero attached hydrogens (tertiary/aromatic N) is 1. The molecule has 184 valence electrons. The van der Waals surface area contributed by atoms with Gasteiger partial charge < -0.3 is 20.3 Å². The van der Waals surface area contributed by atoms with Gasteiger partial charge in [-0.1, -0.05) is 48.5 Å². The van der Waals surface area contributed by atoms with Gasteiger partial charge in [0.05, 0.1) is 0 Å². The molecule has 3 amide bonds. The molecule has 0 heterocycles. The quantitative estimate of drug-likeness (QED) is 0.494. The van der Waals surface area contributed by atoms with Crippen LogP contribution in [0.3, 0.4) is 0 Å². The Labute approximate surface area is 207 Å². The number of benzene rings is 2. The van der Waals surface area contributed by atoms with Gasteiger partial charge in [-0.2, -0.15) is 12.6 Å². The number of hydrogen-bond acceptors (Lipinski definition) is 5. The first kappa shape index (κ1) is 27.2. The standard InChI is InChI=1S/C26H35N3O4S/c1-17-11-10-12-18(2)21(17)22(23(30)27-15-19-13-8-7-9-14-19)29(6)24(31)20(16-34)28-25(32)33-26(3,4)5/h7-14,20,22,34H,15-16H2,1-6H3,(H,27,30)(H,28,32). The molecule has 0 aliphatic rings. The SMILES string of the molecule is Cc1cccc(C)c1C(C(=O)NCc1ccccc1)N(C)C(=O)C(CS)NC(=O)OC(C)(C)C. The Morgan fingerprint density at radius 3 is 2.12 bits per heavy atom. The van der Waals surface area contributed by atoms with Crippen LogP contribution in [0.1, 0.15) is 49.1 Å². The fraction of sp³-hybridized carbons (Fsp3) is 0.423. The number of thiol groups is 1. The number of likely N-dealkylation sites (N-methyl/N-ethyl adjacent to an activating group) is 1.